The van der Waals surface area contributed by atoms with Gasteiger partial charge in [-0.3, -0.25) is 0 Å². The minimum atomic E-state index is 0.550. The van der Waals surface area contributed by atoms with Crippen LogP contribution in [0.2, 0.25) is 0 Å². The molecule has 0 fully saturated rings. The molecule has 0 atom stereocenters. The highest BCUT2D eigenvalue weighted by atomic mass is 16.3. The highest BCUT2D eigenvalue weighted by Gasteiger charge is 2.21. The van der Waals surface area contributed by atoms with Crippen molar-refractivity contribution in [2.45, 2.75) is 0 Å². The zero-order chi connectivity index (χ0) is 45.4. The number of para-hydroxylation sites is 1. The fourth-order valence-electron chi connectivity index (χ4n) is 10.2. The van der Waals surface area contributed by atoms with Gasteiger partial charge in [0, 0.05) is 54.7 Å². The Labute approximate surface area is 396 Å². The second kappa shape index (κ2) is 15.6. The van der Waals surface area contributed by atoms with Crippen molar-refractivity contribution in [3.05, 3.63) is 231 Å². The summed E-state index contributed by atoms with van der Waals surface area (Å²) in [6.07, 6.45) is 0. The van der Waals surface area contributed by atoms with Crippen molar-refractivity contribution in [2.75, 3.05) is 0 Å². The number of fused-ring (bicyclic) bond motifs is 9. The maximum Gasteiger partial charge on any atom is 0.164 e. The largest absolute Gasteiger partial charge is 0.456 e. The van der Waals surface area contributed by atoms with E-state index in [2.05, 4.69) is 168 Å². The van der Waals surface area contributed by atoms with Crippen LogP contribution < -0.4 is 0 Å². The van der Waals surface area contributed by atoms with E-state index >= 15 is 0 Å². The third-order valence-corrected chi connectivity index (χ3v) is 13.5. The number of hydrogen-bond acceptors (Lipinski definition) is 5. The van der Waals surface area contributed by atoms with Crippen molar-refractivity contribution in [3.63, 3.8) is 0 Å². The van der Waals surface area contributed by atoms with Gasteiger partial charge in [0.1, 0.15) is 22.3 Å². The molecule has 6 nitrogen and oxygen atoms in total. The van der Waals surface area contributed by atoms with E-state index in [1.807, 2.05) is 66.7 Å². The first-order chi connectivity index (χ1) is 34.2. The Kier molecular flexibility index (Phi) is 8.79. The van der Waals surface area contributed by atoms with Crippen LogP contribution in [0.25, 0.3) is 139 Å². The van der Waals surface area contributed by atoms with E-state index in [1.54, 1.807) is 0 Å². The quantitative estimate of drug-likeness (QED) is 0.159. The molecule has 0 amide bonds. The Bertz CT molecular complexity index is 4300. The Hall–Kier alpha value is -9.39. The lowest BCUT2D eigenvalue weighted by Gasteiger charge is -2.11. The average molecular weight is 883 g/mol. The van der Waals surface area contributed by atoms with E-state index < -0.39 is 0 Å². The molecule has 0 radical (unpaired) electrons. The second-order valence-corrected chi connectivity index (χ2v) is 17.5. The number of furan rings is 2. The predicted molar refractivity (Wildman–Crippen MR) is 281 cm³/mol. The first-order valence-electron chi connectivity index (χ1n) is 23.2. The van der Waals surface area contributed by atoms with E-state index in [0.29, 0.717) is 17.5 Å². The zero-order valence-corrected chi connectivity index (χ0v) is 37.0. The molecule has 0 aliphatic carbocycles. The van der Waals surface area contributed by atoms with Gasteiger partial charge in [-0.2, -0.15) is 0 Å². The molecule has 0 saturated heterocycles. The summed E-state index contributed by atoms with van der Waals surface area (Å²) in [6.45, 7) is 0. The molecule has 0 bridgehead atoms. The lowest BCUT2D eigenvalue weighted by atomic mass is 9.99. The predicted octanol–water partition coefficient (Wildman–Crippen LogP) is 16.8. The van der Waals surface area contributed by atoms with Crippen LogP contribution in [0.15, 0.2) is 239 Å². The molecule has 10 aromatic carbocycles. The van der Waals surface area contributed by atoms with E-state index in [-0.39, 0.29) is 0 Å². The van der Waals surface area contributed by atoms with Crippen LogP contribution in [0.5, 0.6) is 0 Å². The first-order valence-corrected chi connectivity index (χ1v) is 23.2. The summed E-state index contributed by atoms with van der Waals surface area (Å²) in [7, 11) is 0. The number of nitrogens with zero attached hydrogens (tertiary/aromatic N) is 4. The van der Waals surface area contributed by atoms with Crippen LogP contribution in [0.3, 0.4) is 0 Å². The molecule has 69 heavy (non-hydrogen) atoms. The van der Waals surface area contributed by atoms with Crippen molar-refractivity contribution < 1.29 is 8.83 Å². The van der Waals surface area contributed by atoms with Crippen LogP contribution >= 0.6 is 0 Å². The molecular weight excluding hydrogens is 845 g/mol. The van der Waals surface area contributed by atoms with Crippen LogP contribution in [-0.4, -0.2) is 19.5 Å². The summed E-state index contributed by atoms with van der Waals surface area (Å²) in [5.74, 6) is 1.69. The molecule has 0 unspecified atom stereocenters. The molecular formula is C63H38N4O2. The van der Waals surface area contributed by atoms with Gasteiger partial charge in [0.05, 0.1) is 11.0 Å². The topological polar surface area (TPSA) is 69.9 Å². The Morgan fingerprint density at radius 1 is 0.275 bits per heavy atom. The number of hydrogen-bond donors (Lipinski definition) is 0. The molecule has 0 N–H and O–H groups in total. The lowest BCUT2D eigenvalue weighted by Crippen LogP contribution is -2.00. The van der Waals surface area contributed by atoms with E-state index in [1.165, 1.54) is 21.9 Å². The summed E-state index contributed by atoms with van der Waals surface area (Å²) in [6, 6.07) is 80.5. The molecule has 0 spiro atoms. The van der Waals surface area contributed by atoms with Gasteiger partial charge in [-0.05, 0) is 100 Å². The molecule has 0 saturated carbocycles. The van der Waals surface area contributed by atoms with Crippen molar-refractivity contribution in [1.82, 2.24) is 19.5 Å². The minimum Gasteiger partial charge on any atom is -0.456 e. The van der Waals surface area contributed by atoms with Gasteiger partial charge in [0.2, 0.25) is 0 Å². The fraction of sp³-hybridized carbons (Fsp3) is 0. The van der Waals surface area contributed by atoms with E-state index in [0.717, 1.165) is 99.5 Å². The van der Waals surface area contributed by atoms with Gasteiger partial charge in [0.25, 0.3) is 0 Å². The van der Waals surface area contributed by atoms with Gasteiger partial charge in [-0.25, -0.2) is 15.0 Å². The van der Waals surface area contributed by atoms with Gasteiger partial charge in [-0.15, -0.1) is 0 Å². The third-order valence-electron chi connectivity index (χ3n) is 13.5. The monoisotopic (exact) mass is 882 g/mol. The normalized spacial score (nSPS) is 11.8. The molecule has 4 aromatic heterocycles. The number of aromatic nitrogens is 4. The van der Waals surface area contributed by atoms with E-state index in [9.17, 15) is 0 Å². The molecule has 6 heteroatoms. The molecule has 14 rings (SSSR count). The standard InChI is InChI=1S/C63H38N4O2/c1-4-15-39(16-5-1)42-21-12-22-46(35-42)67-53-26-11-10-23-48(53)51-36-43(30-33-54(51)67)44-31-34-55-52(37-44)60-50(25-14-28-57(60)68-55)63-65-61(41-19-8-3-9-20-41)64-62(66-63)45-29-32-49-58(38-45)69-56-27-13-24-47(59(49)56)40-17-6-2-7-18-40/h1-38H. The van der Waals surface area contributed by atoms with Gasteiger partial charge < -0.3 is 13.4 Å². The number of rotatable bonds is 7. The molecule has 0 aliphatic heterocycles. The third kappa shape index (κ3) is 6.45. The Balaban J connectivity index is 0.903. The van der Waals surface area contributed by atoms with Gasteiger partial charge >= 0.3 is 0 Å². The maximum absolute atomic E-state index is 6.59. The van der Waals surface area contributed by atoms with Crippen molar-refractivity contribution in [1.29, 1.82) is 0 Å². The molecule has 4 heterocycles. The van der Waals surface area contributed by atoms with Crippen LogP contribution in [-0.2, 0) is 0 Å². The van der Waals surface area contributed by atoms with Crippen molar-refractivity contribution in [2.24, 2.45) is 0 Å². The molecule has 322 valence electrons. The average Bonchev–Trinajstić information content (AvgIpc) is 4.10. The van der Waals surface area contributed by atoms with Crippen LogP contribution in [0.1, 0.15) is 0 Å². The van der Waals surface area contributed by atoms with Gasteiger partial charge in [0.15, 0.2) is 17.5 Å². The van der Waals surface area contributed by atoms with Crippen LogP contribution in [0, 0.1) is 0 Å². The van der Waals surface area contributed by atoms with Crippen molar-refractivity contribution in [3.8, 4) is 73.2 Å². The first kappa shape index (κ1) is 38.8. The summed E-state index contributed by atoms with van der Waals surface area (Å²) in [5, 5.41) is 6.44. The lowest BCUT2D eigenvalue weighted by molar-refractivity contribution is 0.668. The minimum absolute atomic E-state index is 0.550. The van der Waals surface area contributed by atoms with Crippen molar-refractivity contribution >= 4 is 65.7 Å². The Morgan fingerprint density at radius 2 is 0.826 bits per heavy atom. The summed E-state index contributed by atoms with van der Waals surface area (Å²) in [4.78, 5) is 15.5. The smallest absolute Gasteiger partial charge is 0.164 e. The highest BCUT2D eigenvalue weighted by Crippen LogP contribution is 2.42. The molecule has 14 aromatic rings. The van der Waals surface area contributed by atoms with Crippen LogP contribution in [0.4, 0.5) is 0 Å². The van der Waals surface area contributed by atoms with Gasteiger partial charge in [-0.1, -0.05) is 164 Å². The second-order valence-electron chi connectivity index (χ2n) is 17.5. The summed E-state index contributed by atoms with van der Waals surface area (Å²) in [5.41, 5.74) is 16.0. The Morgan fingerprint density at radius 3 is 1.61 bits per heavy atom. The number of benzene rings is 10. The SMILES string of the molecule is c1ccc(-c2cccc(-n3c4ccccc4c4cc(-c5ccc6oc7cccc(-c8nc(-c9ccccc9)nc(-c9ccc%10c(c9)oc9cccc(-c%11ccccc%11)c9%10)n8)c7c6c5)ccc43)c2)cc1. The maximum atomic E-state index is 6.59. The van der Waals surface area contributed by atoms with E-state index in [4.69, 9.17) is 23.8 Å². The fourth-order valence-corrected chi connectivity index (χ4v) is 10.2. The highest BCUT2D eigenvalue weighted by molar-refractivity contribution is 6.15. The zero-order valence-electron chi connectivity index (χ0n) is 37.0. The summed E-state index contributed by atoms with van der Waals surface area (Å²) < 4.78 is 15.5. The summed E-state index contributed by atoms with van der Waals surface area (Å²) >= 11 is 0. The molecule has 0 aliphatic rings.